The van der Waals surface area contributed by atoms with Crippen LogP contribution in [0.25, 0.3) is 0 Å². The Labute approximate surface area is 93.6 Å². The third kappa shape index (κ3) is 2.02. The van der Waals surface area contributed by atoms with Crippen molar-refractivity contribution in [3.63, 3.8) is 0 Å². The molecule has 2 nitrogen and oxygen atoms in total. The van der Waals surface area contributed by atoms with Crippen molar-refractivity contribution in [2.75, 3.05) is 14.2 Å². The summed E-state index contributed by atoms with van der Waals surface area (Å²) >= 11 is 0. The fourth-order valence-electron chi connectivity index (χ4n) is 1.93. The summed E-state index contributed by atoms with van der Waals surface area (Å²) in [6.45, 7) is 0. The Hall–Kier alpha value is -1.16. The highest BCUT2D eigenvalue weighted by molar-refractivity contribution is 5.37. The van der Waals surface area contributed by atoms with Gasteiger partial charge in [-0.3, -0.25) is 0 Å². The van der Waals surface area contributed by atoms with E-state index in [-0.39, 0.29) is 5.54 Å². The molecule has 1 fully saturated rings. The summed E-state index contributed by atoms with van der Waals surface area (Å²) in [6, 6.07) is 2.34. The molecule has 1 aromatic rings. The van der Waals surface area contributed by atoms with E-state index in [1.54, 1.807) is 0 Å². The van der Waals surface area contributed by atoms with E-state index in [1.165, 1.54) is 13.2 Å². The molecular formula is C12H15F2NO. The Kier molecular flexibility index (Phi) is 2.84. The van der Waals surface area contributed by atoms with Gasteiger partial charge in [-0.2, -0.15) is 0 Å². The first-order valence-corrected chi connectivity index (χ1v) is 5.31. The summed E-state index contributed by atoms with van der Waals surface area (Å²) in [7, 11) is 3.36. The second-order valence-electron chi connectivity index (χ2n) is 4.29. The predicted molar refractivity (Wildman–Crippen MR) is 57.6 cm³/mol. The molecule has 0 unspecified atom stereocenters. The minimum atomic E-state index is -0.866. The molecule has 0 bridgehead atoms. The van der Waals surface area contributed by atoms with Crippen LogP contribution in [-0.4, -0.2) is 19.7 Å². The summed E-state index contributed by atoms with van der Waals surface area (Å²) in [5, 5.41) is 3.21. The number of ether oxygens (including phenoxy) is 1. The van der Waals surface area contributed by atoms with Crippen molar-refractivity contribution in [1.82, 2.24) is 5.32 Å². The van der Waals surface area contributed by atoms with Gasteiger partial charge in [0.25, 0.3) is 0 Å². The summed E-state index contributed by atoms with van der Waals surface area (Å²) in [5.74, 6) is -1.27. The molecule has 0 heterocycles. The average Bonchev–Trinajstić information content (AvgIpc) is 3.04. The third-order valence-corrected chi connectivity index (χ3v) is 3.24. The Bertz CT molecular complexity index is 402. The van der Waals surface area contributed by atoms with Gasteiger partial charge in [-0.1, -0.05) is 0 Å². The molecule has 16 heavy (non-hydrogen) atoms. The fraction of sp³-hybridized carbons (Fsp3) is 0.500. The number of nitrogens with one attached hydrogen (secondary N) is 1. The van der Waals surface area contributed by atoms with Gasteiger partial charge in [0.2, 0.25) is 0 Å². The third-order valence-electron chi connectivity index (χ3n) is 3.24. The number of methoxy groups -OCH3 is 1. The molecule has 0 spiro atoms. The Morgan fingerprint density at radius 1 is 1.31 bits per heavy atom. The molecule has 0 aliphatic heterocycles. The molecule has 4 heteroatoms. The lowest BCUT2D eigenvalue weighted by Gasteiger charge is -2.16. The van der Waals surface area contributed by atoms with Gasteiger partial charge in [-0.25, -0.2) is 8.78 Å². The van der Waals surface area contributed by atoms with Crippen LogP contribution in [-0.2, 0) is 6.42 Å². The lowest BCUT2D eigenvalue weighted by molar-refractivity contribution is 0.396. The molecule has 88 valence electrons. The normalized spacial score (nSPS) is 17.2. The van der Waals surface area contributed by atoms with Crippen LogP contribution in [0, 0.1) is 11.6 Å². The highest BCUT2D eigenvalue weighted by Gasteiger charge is 2.41. The van der Waals surface area contributed by atoms with Crippen LogP contribution in [0.15, 0.2) is 12.1 Å². The Balaban J connectivity index is 2.28. The van der Waals surface area contributed by atoms with E-state index in [9.17, 15) is 8.78 Å². The summed E-state index contributed by atoms with van der Waals surface area (Å²) in [5.41, 5.74) is 0.769. The van der Waals surface area contributed by atoms with Crippen LogP contribution < -0.4 is 10.1 Å². The Morgan fingerprint density at radius 2 is 1.94 bits per heavy atom. The van der Waals surface area contributed by atoms with E-state index in [0.29, 0.717) is 17.7 Å². The molecule has 1 saturated carbocycles. The van der Waals surface area contributed by atoms with Gasteiger partial charge in [-0.05, 0) is 37.9 Å². The van der Waals surface area contributed by atoms with Crippen molar-refractivity contribution in [1.29, 1.82) is 0 Å². The van der Waals surface area contributed by atoms with Crippen LogP contribution in [0.4, 0.5) is 8.78 Å². The average molecular weight is 227 g/mol. The maximum absolute atomic E-state index is 13.1. The van der Waals surface area contributed by atoms with E-state index < -0.39 is 11.6 Å². The van der Waals surface area contributed by atoms with Gasteiger partial charge < -0.3 is 10.1 Å². The van der Waals surface area contributed by atoms with E-state index >= 15 is 0 Å². The van der Waals surface area contributed by atoms with Gasteiger partial charge in [0, 0.05) is 11.6 Å². The first kappa shape index (κ1) is 11.3. The maximum Gasteiger partial charge on any atom is 0.162 e. The van der Waals surface area contributed by atoms with E-state index in [0.717, 1.165) is 18.9 Å². The highest BCUT2D eigenvalue weighted by Crippen LogP contribution is 2.40. The first-order valence-electron chi connectivity index (χ1n) is 5.31. The lowest BCUT2D eigenvalue weighted by atomic mass is 10.0. The predicted octanol–water partition coefficient (Wildman–Crippen LogP) is 2.27. The SMILES string of the molecule is CNC1(Cc2cc(F)c(F)cc2OC)CC1. The molecule has 1 aromatic carbocycles. The number of rotatable bonds is 4. The van der Waals surface area contributed by atoms with Crippen LogP contribution in [0.3, 0.4) is 0 Å². The topological polar surface area (TPSA) is 21.3 Å². The highest BCUT2D eigenvalue weighted by atomic mass is 19.2. The van der Waals surface area contributed by atoms with E-state index in [1.807, 2.05) is 7.05 Å². The van der Waals surface area contributed by atoms with Gasteiger partial charge in [0.15, 0.2) is 11.6 Å². The smallest absolute Gasteiger partial charge is 0.162 e. The number of hydrogen-bond acceptors (Lipinski definition) is 2. The number of hydrogen-bond donors (Lipinski definition) is 1. The molecule has 0 atom stereocenters. The summed E-state index contributed by atoms with van der Waals surface area (Å²) < 4.78 is 31.2. The van der Waals surface area contributed by atoms with Crippen molar-refractivity contribution in [3.8, 4) is 5.75 Å². The monoisotopic (exact) mass is 227 g/mol. The first-order chi connectivity index (χ1) is 7.60. The van der Waals surface area contributed by atoms with E-state index in [2.05, 4.69) is 5.32 Å². The zero-order chi connectivity index (χ0) is 11.8. The van der Waals surface area contributed by atoms with Crippen LogP contribution in [0.5, 0.6) is 5.75 Å². The molecule has 0 aromatic heterocycles. The standard InChI is InChI=1S/C12H15F2NO/c1-15-12(3-4-12)7-8-5-9(13)10(14)6-11(8)16-2/h5-6,15H,3-4,7H2,1-2H3. The van der Waals surface area contributed by atoms with Crippen LogP contribution in [0.1, 0.15) is 18.4 Å². The molecule has 1 aliphatic carbocycles. The van der Waals surface area contributed by atoms with Crippen molar-refractivity contribution < 1.29 is 13.5 Å². The summed E-state index contributed by atoms with van der Waals surface area (Å²) in [4.78, 5) is 0. The van der Waals surface area contributed by atoms with Gasteiger partial charge >= 0.3 is 0 Å². The minimum Gasteiger partial charge on any atom is -0.496 e. The Morgan fingerprint density at radius 3 is 2.44 bits per heavy atom. The summed E-state index contributed by atoms with van der Waals surface area (Å²) in [6.07, 6.45) is 2.79. The number of likely N-dealkylation sites (N-methyl/N-ethyl adjacent to an activating group) is 1. The zero-order valence-electron chi connectivity index (χ0n) is 9.44. The number of benzene rings is 1. The fourth-order valence-corrected chi connectivity index (χ4v) is 1.93. The number of halogens is 2. The van der Waals surface area contributed by atoms with Gasteiger partial charge in [0.05, 0.1) is 7.11 Å². The molecule has 0 radical (unpaired) electrons. The quantitative estimate of drug-likeness (QED) is 0.852. The zero-order valence-corrected chi connectivity index (χ0v) is 9.44. The minimum absolute atomic E-state index is 0.0531. The van der Waals surface area contributed by atoms with Crippen molar-refractivity contribution in [2.24, 2.45) is 0 Å². The van der Waals surface area contributed by atoms with E-state index in [4.69, 9.17) is 4.74 Å². The second-order valence-corrected chi connectivity index (χ2v) is 4.29. The van der Waals surface area contributed by atoms with Gasteiger partial charge in [-0.15, -0.1) is 0 Å². The molecule has 1 N–H and O–H groups in total. The van der Waals surface area contributed by atoms with Gasteiger partial charge in [0.1, 0.15) is 5.75 Å². The molecule has 2 rings (SSSR count). The lowest BCUT2D eigenvalue weighted by Crippen LogP contribution is -2.29. The van der Waals surface area contributed by atoms with Crippen molar-refractivity contribution >= 4 is 0 Å². The largest absolute Gasteiger partial charge is 0.496 e. The van der Waals surface area contributed by atoms with Crippen molar-refractivity contribution in [2.45, 2.75) is 24.8 Å². The molecule has 0 amide bonds. The second kappa shape index (κ2) is 4.01. The maximum atomic E-state index is 13.1. The molecule has 1 aliphatic rings. The van der Waals surface area contributed by atoms with Crippen molar-refractivity contribution in [3.05, 3.63) is 29.3 Å². The molecule has 0 saturated heterocycles. The molecular weight excluding hydrogens is 212 g/mol. The van der Waals surface area contributed by atoms with Crippen LogP contribution in [0.2, 0.25) is 0 Å². The van der Waals surface area contributed by atoms with Crippen LogP contribution >= 0.6 is 0 Å².